The van der Waals surface area contributed by atoms with Crippen molar-refractivity contribution in [3.8, 4) is 11.5 Å². The second-order valence-corrected chi connectivity index (χ2v) is 11.6. The Morgan fingerprint density at radius 2 is 1.84 bits per heavy atom. The molecule has 0 spiro atoms. The Kier molecular flexibility index (Phi) is 9.37. The molecule has 15 heteroatoms. The number of aryl methyl sites for hydroxylation is 3. The molecule has 1 fully saturated rings. The average molecular weight is 621 g/mol. The first-order valence-corrected chi connectivity index (χ1v) is 14.6. The molecule has 11 nitrogen and oxygen atoms in total. The number of ether oxygens (including phenoxy) is 1. The second-order valence-electron chi connectivity index (χ2n) is 10.2. The van der Waals surface area contributed by atoms with Crippen molar-refractivity contribution in [2.24, 2.45) is 7.05 Å². The number of imidazole rings is 1. The number of halogens is 3. The van der Waals surface area contributed by atoms with E-state index in [-0.39, 0.29) is 16.5 Å². The molecule has 43 heavy (non-hydrogen) atoms. The Morgan fingerprint density at radius 1 is 1.14 bits per heavy atom. The van der Waals surface area contributed by atoms with Crippen LogP contribution in [0.15, 0.2) is 59.8 Å². The summed E-state index contributed by atoms with van der Waals surface area (Å²) in [4.78, 5) is 21.7. The van der Waals surface area contributed by atoms with E-state index in [2.05, 4.69) is 20.2 Å². The molecule has 2 aromatic carbocycles. The van der Waals surface area contributed by atoms with E-state index in [1.807, 2.05) is 25.5 Å². The second kappa shape index (κ2) is 12.7. The van der Waals surface area contributed by atoms with Crippen molar-refractivity contribution in [2.75, 3.05) is 13.7 Å². The van der Waals surface area contributed by atoms with Gasteiger partial charge in [0, 0.05) is 38.7 Å². The van der Waals surface area contributed by atoms with Crippen molar-refractivity contribution < 1.29 is 35.7 Å². The van der Waals surface area contributed by atoms with Crippen molar-refractivity contribution >= 4 is 16.0 Å². The predicted octanol–water partition coefficient (Wildman–Crippen LogP) is 4.77. The van der Waals surface area contributed by atoms with Gasteiger partial charge in [-0.25, -0.2) is 4.98 Å². The van der Waals surface area contributed by atoms with E-state index < -0.39 is 33.9 Å². The molecule has 1 aliphatic heterocycles. The number of aromatic nitrogens is 5. The summed E-state index contributed by atoms with van der Waals surface area (Å²) in [5.41, 5.74) is 1.73. The smallest absolute Gasteiger partial charge is 0.370 e. The maximum Gasteiger partial charge on any atom is 0.416 e. The summed E-state index contributed by atoms with van der Waals surface area (Å²) in [5.74, 6) is 0.632. The van der Waals surface area contributed by atoms with Crippen molar-refractivity contribution in [1.82, 2.24) is 29.6 Å². The van der Waals surface area contributed by atoms with Crippen LogP contribution in [0.1, 0.15) is 51.9 Å². The lowest BCUT2D eigenvalue weighted by Crippen LogP contribution is -2.41. The first-order chi connectivity index (χ1) is 20.1. The molecule has 230 valence electrons. The van der Waals surface area contributed by atoms with Crippen molar-refractivity contribution in [2.45, 2.75) is 49.9 Å². The maximum absolute atomic E-state index is 13.0. The van der Waals surface area contributed by atoms with Crippen LogP contribution in [0.5, 0.6) is 0 Å². The van der Waals surface area contributed by atoms with Crippen LogP contribution in [0.3, 0.4) is 0 Å². The molecule has 3 heterocycles. The minimum absolute atomic E-state index is 0.000925. The zero-order valence-corrected chi connectivity index (χ0v) is 24.6. The third-order valence-corrected chi connectivity index (χ3v) is 7.90. The van der Waals surface area contributed by atoms with E-state index in [0.717, 1.165) is 29.1 Å². The third kappa shape index (κ3) is 7.66. The van der Waals surface area contributed by atoms with Crippen LogP contribution in [0.4, 0.5) is 13.2 Å². The summed E-state index contributed by atoms with van der Waals surface area (Å²) in [5, 5.41) is 8.42. The maximum atomic E-state index is 13.0. The van der Waals surface area contributed by atoms with Crippen LogP contribution in [0.25, 0.3) is 11.5 Å². The molecule has 2 atom stereocenters. The quantitative estimate of drug-likeness (QED) is 0.304. The zero-order valence-electron chi connectivity index (χ0n) is 23.8. The first kappa shape index (κ1) is 31.8. The molecule has 1 aliphatic rings. The fourth-order valence-electron chi connectivity index (χ4n) is 4.64. The largest absolute Gasteiger partial charge is 0.416 e. The summed E-state index contributed by atoms with van der Waals surface area (Å²) >= 11 is 0. The SMILES string of the molecule is Cc1ccc(S(=O)(=O)O)cc1.Cc1ncn(C)c1-c1nnc([C@@H]2C[C@H](N(C)C(=O)c3cccc(C(F)(F)F)c3)CCO2)[nH]1. The number of benzene rings is 2. The minimum atomic E-state index is -4.51. The van der Waals surface area contributed by atoms with Gasteiger partial charge in [-0.05, 0) is 50.6 Å². The fourth-order valence-corrected chi connectivity index (χ4v) is 5.12. The molecule has 2 aromatic heterocycles. The van der Waals surface area contributed by atoms with Gasteiger partial charge in [-0.1, -0.05) is 23.8 Å². The lowest BCUT2D eigenvalue weighted by molar-refractivity contribution is -0.137. The molecule has 1 amide bonds. The molecule has 1 saturated heterocycles. The zero-order chi connectivity index (χ0) is 31.5. The van der Waals surface area contributed by atoms with Gasteiger partial charge in [-0.15, -0.1) is 10.2 Å². The first-order valence-electron chi connectivity index (χ1n) is 13.2. The molecule has 0 bridgehead atoms. The van der Waals surface area contributed by atoms with E-state index in [9.17, 15) is 26.4 Å². The van der Waals surface area contributed by atoms with E-state index in [4.69, 9.17) is 9.29 Å². The van der Waals surface area contributed by atoms with Gasteiger partial charge in [0.2, 0.25) is 0 Å². The van der Waals surface area contributed by atoms with E-state index in [1.165, 1.54) is 29.2 Å². The van der Waals surface area contributed by atoms with Crippen LogP contribution in [-0.2, 0) is 28.1 Å². The number of nitrogens with zero attached hydrogens (tertiary/aromatic N) is 5. The van der Waals surface area contributed by atoms with Gasteiger partial charge in [0.25, 0.3) is 16.0 Å². The summed E-state index contributed by atoms with van der Waals surface area (Å²) in [7, 11) is -0.562. The summed E-state index contributed by atoms with van der Waals surface area (Å²) in [6.07, 6.45) is -2.22. The standard InChI is InChI=1S/C21H23F3N6O2.C7H8O3S/c1-12-17(29(2)11-25-12)19-26-18(27-28-19)16-10-15(7-8-32-16)30(3)20(31)13-5-4-6-14(9-13)21(22,23)24;1-6-2-4-7(5-3-6)11(8,9)10/h4-6,9,11,15-16H,7-8,10H2,1-3H3,(H,26,27,28);2-5H,1H3,(H,8,9,10)/t15-,16+;/m1./s1. The lowest BCUT2D eigenvalue weighted by Gasteiger charge is -2.34. The van der Waals surface area contributed by atoms with Gasteiger partial charge in [0.1, 0.15) is 11.8 Å². The highest BCUT2D eigenvalue weighted by Crippen LogP contribution is 2.32. The molecule has 4 aromatic rings. The summed E-state index contributed by atoms with van der Waals surface area (Å²) in [6, 6.07) is 10.2. The molecule has 2 N–H and O–H groups in total. The molecule has 5 rings (SSSR count). The Hall–Kier alpha value is -4.08. The van der Waals surface area contributed by atoms with Crippen LogP contribution in [0, 0.1) is 13.8 Å². The van der Waals surface area contributed by atoms with Crippen LogP contribution in [-0.4, -0.2) is 68.2 Å². The number of rotatable bonds is 5. The van der Waals surface area contributed by atoms with E-state index >= 15 is 0 Å². The van der Waals surface area contributed by atoms with Crippen LogP contribution >= 0.6 is 0 Å². The average Bonchev–Trinajstić information content (AvgIpc) is 3.58. The van der Waals surface area contributed by atoms with Gasteiger partial charge in [0.05, 0.1) is 22.5 Å². The highest BCUT2D eigenvalue weighted by molar-refractivity contribution is 7.85. The monoisotopic (exact) mass is 620 g/mol. The highest BCUT2D eigenvalue weighted by Gasteiger charge is 2.34. The predicted molar refractivity (Wildman–Crippen MR) is 150 cm³/mol. The van der Waals surface area contributed by atoms with Gasteiger partial charge >= 0.3 is 6.18 Å². The van der Waals surface area contributed by atoms with Gasteiger partial charge in [-0.3, -0.25) is 9.35 Å². The number of aromatic amines is 1. The number of carbonyl (C=O) groups excluding carboxylic acids is 1. The third-order valence-electron chi connectivity index (χ3n) is 7.03. The number of nitrogens with one attached hydrogen (secondary N) is 1. The normalized spacial score (nSPS) is 17.2. The minimum Gasteiger partial charge on any atom is -0.370 e. The number of hydrogen-bond acceptors (Lipinski definition) is 7. The Labute approximate surface area is 246 Å². The Balaban J connectivity index is 0.000000324. The Morgan fingerprint density at radius 3 is 2.44 bits per heavy atom. The highest BCUT2D eigenvalue weighted by atomic mass is 32.2. The number of alkyl halides is 3. The Bertz CT molecular complexity index is 1670. The summed E-state index contributed by atoms with van der Waals surface area (Å²) in [6.45, 7) is 4.10. The topological polar surface area (TPSA) is 143 Å². The van der Waals surface area contributed by atoms with Crippen molar-refractivity contribution in [1.29, 1.82) is 0 Å². The van der Waals surface area contributed by atoms with E-state index in [1.54, 1.807) is 25.5 Å². The molecule has 0 radical (unpaired) electrons. The summed E-state index contributed by atoms with van der Waals surface area (Å²) < 4.78 is 76.3. The molecular weight excluding hydrogens is 589 g/mol. The number of carbonyl (C=O) groups is 1. The lowest BCUT2D eigenvalue weighted by atomic mass is 10.00. The van der Waals surface area contributed by atoms with Crippen molar-refractivity contribution in [3.63, 3.8) is 0 Å². The van der Waals surface area contributed by atoms with Crippen LogP contribution < -0.4 is 0 Å². The fraction of sp³-hybridized carbons (Fsp3) is 0.357. The number of H-pyrrole nitrogens is 1. The van der Waals surface area contributed by atoms with Crippen LogP contribution in [0.2, 0.25) is 0 Å². The molecule has 0 unspecified atom stereocenters. The van der Waals surface area contributed by atoms with Crippen molar-refractivity contribution in [3.05, 3.63) is 83.1 Å². The van der Waals surface area contributed by atoms with Gasteiger partial charge in [-0.2, -0.15) is 21.6 Å². The molecular formula is C28H31F3N6O5S. The van der Waals surface area contributed by atoms with E-state index in [0.29, 0.717) is 31.1 Å². The molecule has 0 aliphatic carbocycles. The van der Waals surface area contributed by atoms with Gasteiger partial charge < -0.3 is 19.2 Å². The van der Waals surface area contributed by atoms with Gasteiger partial charge in [0.15, 0.2) is 11.6 Å². The molecule has 0 saturated carbocycles. The number of hydrogen-bond donors (Lipinski definition) is 2. The number of amides is 1.